The van der Waals surface area contributed by atoms with Crippen LogP contribution >= 0.6 is 0 Å². The summed E-state index contributed by atoms with van der Waals surface area (Å²) >= 11 is 0. The Morgan fingerprint density at radius 3 is 2.21 bits per heavy atom. The molecule has 218 valence electrons. The number of nitrogens with one attached hydrogen (secondary N) is 1. The van der Waals surface area contributed by atoms with Crippen LogP contribution in [0.5, 0.6) is 0 Å². The van der Waals surface area contributed by atoms with Crippen molar-refractivity contribution in [2.45, 2.75) is 50.8 Å². The molecule has 0 radical (unpaired) electrons. The summed E-state index contributed by atoms with van der Waals surface area (Å²) in [6, 6.07) is 25.5. The van der Waals surface area contributed by atoms with Gasteiger partial charge in [0.2, 0.25) is 5.91 Å². The molecule has 3 atom stereocenters. The zero-order valence-corrected chi connectivity index (χ0v) is 23.9. The van der Waals surface area contributed by atoms with Gasteiger partial charge in [-0.15, -0.1) is 0 Å². The third-order valence-corrected chi connectivity index (χ3v) is 9.42. The average Bonchev–Trinajstić information content (AvgIpc) is 3.32. The average molecular weight is 569 g/mol. The zero-order chi connectivity index (χ0) is 29.5. The summed E-state index contributed by atoms with van der Waals surface area (Å²) in [6.45, 7) is 4.12. The number of hydrogen-bond donors (Lipinski definition) is 2. The van der Waals surface area contributed by atoms with Gasteiger partial charge in [0.15, 0.2) is 0 Å². The van der Waals surface area contributed by atoms with Crippen LogP contribution in [0.25, 0.3) is 11.1 Å². The van der Waals surface area contributed by atoms with E-state index in [1.54, 1.807) is 0 Å². The van der Waals surface area contributed by atoms with Gasteiger partial charge in [-0.05, 0) is 40.7 Å². The maximum absolute atomic E-state index is 14.5. The van der Waals surface area contributed by atoms with Crippen molar-refractivity contribution in [3.05, 3.63) is 95.6 Å². The quantitative estimate of drug-likeness (QED) is 0.387. The first-order chi connectivity index (χ1) is 20.2. The maximum atomic E-state index is 14.5. The maximum Gasteiger partial charge on any atom is 0.408 e. The highest BCUT2D eigenvalue weighted by molar-refractivity contribution is 5.95. The highest BCUT2D eigenvalue weighted by Gasteiger charge is 2.73. The lowest BCUT2D eigenvalue weighted by Crippen LogP contribution is -2.84. The first kappa shape index (κ1) is 28.0. The number of ether oxygens (including phenoxy) is 2. The molecule has 1 aliphatic heterocycles. The molecule has 42 heavy (non-hydrogen) atoms. The first-order valence-electron chi connectivity index (χ1n) is 14.5. The van der Waals surface area contributed by atoms with Gasteiger partial charge in [-0.1, -0.05) is 92.7 Å². The van der Waals surface area contributed by atoms with Crippen molar-refractivity contribution in [2.24, 2.45) is 11.3 Å². The van der Waals surface area contributed by atoms with E-state index in [4.69, 9.17) is 9.47 Å². The molecule has 0 aromatic heterocycles. The molecule has 3 unspecified atom stereocenters. The molecule has 1 heterocycles. The Kier molecular flexibility index (Phi) is 7.27. The fourth-order valence-corrected chi connectivity index (χ4v) is 7.49. The summed E-state index contributed by atoms with van der Waals surface area (Å²) in [7, 11) is 0. The van der Waals surface area contributed by atoms with Crippen molar-refractivity contribution in [3.8, 4) is 11.1 Å². The first-order valence-corrected chi connectivity index (χ1v) is 14.5. The number of carbonyl (C=O) groups is 3. The van der Waals surface area contributed by atoms with E-state index in [1.165, 1.54) is 4.90 Å². The third kappa shape index (κ3) is 4.54. The number of hydrogen-bond acceptors (Lipinski definition) is 5. The molecule has 0 spiro atoms. The SMILES string of the molecule is CC1(C)C2OCCCC2C1(NC(=O)OCC1c2ccccc2-c2ccccc21)C(=O)N(CC(=O)O)Cc1ccccc1. The minimum absolute atomic E-state index is 0.106. The molecule has 8 heteroatoms. The van der Waals surface area contributed by atoms with Gasteiger partial charge < -0.3 is 24.8 Å². The van der Waals surface area contributed by atoms with Gasteiger partial charge in [0.25, 0.3) is 0 Å². The van der Waals surface area contributed by atoms with Crippen LogP contribution in [0, 0.1) is 11.3 Å². The third-order valence-electron chi connectivity index (χ3n) is 9.42. The molecule has 3 aromatic rings. The smallest absolute Gasteiger partial charge is 0.408 e. The van der Waals surface area contributed by atoms with E-state index in [0.717, 1.165) is 34.2 Å². The van der Waals surface area contributed by atoms with Crippen molar-refractivity contribution in [2.75, 3.05) is 19.8 Å². The monoisotopic (exact) mass is 568 g/mol. The Hall–Kier alpha value is -4.17. The van der Waals surface area contributed by atoms with Gasteiger partial charge in [-0.3, -0.25) is 9.59 Å². The van der Waals surface area contributed by atoms with Crippen LogP contribution in [0.15, 0.2) is 78.9 Å². The minimum Gasteiger partial charge on any atom is -0.480 e. The van der Waals surface area contributed by atoms with Crippen LogP contribution in [-0.4, -0.2) is 59.4 Å². The van der Waals surface area contributed by atoms with Crippen molar-refractivity contribution in [3.63, 3.8) is 0 Å². The van der Waals surface area contributed by atoms with Gasteiger partial charge in [-0.25, -0.2) is 4.79 Å². The van der Waals surface area contributed by atoms with Gasteiger partial charge in [0, 0.05) is 30.4 Å². The number of carboxylic acids is 1. The number of benzene rings is 3. The topological polar surface area (TPSA) is 105 Å². The van der Waals surface area contributed by atoms with Gasteiger partial charge in [-0.2, -0.15) is 0 Å². The molecule has 8 nitrogen and oxygen atoms in total. The lowest BCUT2D eigenvalue weighted by atomic mass is 9.45. The summed E-state index contributed by atoms with van der Waals surface area (Å²) in [5.41, 5.74) is 3.06. The second kappa shape index (κ2) is 10.9. The largest absolute Gasteiger partial charge is 0.480 e. The predicted molar refractivity (Wildman–Crippen MR) is 157 cm³/mol. The van der Waals surface area contributed by atoms with Crippen molar-refractivity contribution < 1.29 is 29.0 Å². The Balaban J connectivity index is 1.28. The Morgan fingerprint density at radius 1 is 0.952 bits per heavy atom. The summed E-state index contributed by atoms with van der Waals surface area (Å²) < 4.78 is 12.0. The Morgan fingerprint density at radius 2 is 1.57 bits per heavy atom. The van der Waals surface area contributed by atoms with Crippen molar-refractivity contribution in [1.29, 1.82) is 0 Å². The molecular weight excluding hydrogens is 532 g/mol. The van der Waals surface area contributed by atoms with E-state index in [2.05, 4.69) is 29.6 Å². The van der Waals surface area contributed by atoms with E-state index in [9.17, 15) is 19.5 Å². The highest BCUT2D eigenvalue weighted by Crippen LogP contribution is 2.59. The number of carbonyl (C=O) groups excluding carboxylic acids is 2. The molecule has 1 saturated heterocycles. The molecule has 2 aliphatic carbocycles. The van der Waals surface area contributed by atoms with Gasteiger partial charge >= 0.3 is 12.1 Å². The van der Waals surface area contributed by atoms with Crippen molar-refractivity contribution >= 4 is 18.0 Å². The zero-order valence-electron chi connectivity index (χ0n) is 23.9. The normalized spacial score (nSPS) is 23.5. The number of carboxylic acid groups (broad SMARTS) is 1. The highest BCUT2D eigenvalue weighted by atomic mass is 16.5. The fourth-order valence-electron chi connectivity index (χ4n) is 7.49. The summed E-state index contributed by atoms with van der Waals surface area (Å²) in [6.07, 6.45) is 0.483. The summed E-state index contributed by atoms with van der Waals surface area (Å²) in [5.74, 6) is -1.99. The van der Waals surface area contributed by atoms with E-state index in [1.807, 2.05) is 68.4 Å². The number of amides is 2. The molecular formula is C34H36N2O6. The molecule has 2 N–H and O–H groups in total. The van der Waals surface area contributed by atoms with Gasteiger partial charge in [0.05, 0.1) is 6.10 Å². The molecule has 1 saturated carbocycles. The second-order valence-electron chi connectivity index (χ2n) is 12.1. The van der Waals surface area contributed by atoms with E-state index in [0.29, 0.717) is 13.0 Å². The number of aliphatic carboxylic acids is 1. The number of nitrogens with zero attached hydrogens (tertiary/aromatic N) is 1. The van der Waals surface area contributed by atoms with E-state index >= 15 is 0 Å². The van der Waals surface area contributed by atoms with E-state index in [-0.39, 0.29) is 31.1 Å². The summed E-state index contributed by atoms with van der Waals surface area (Å²) in [4.78, 5) is 41.4. The van der Waals surface area contributed by atoms with Crippen LogP contribution in [0.3, 0.4) is 0 Å². The molecule has 6 rings (SSSR count). The number of fused-ring (bicyclic) bond motifs is 4. The second-order valence-corrected chi connectivity index (χ2v) is 12.1. The predicted octanol–water partition coefficient (Wildman–Crippen LogP) is 5.21. The Labute approximate surface area is 245 Å². The molecule has 2 amide bonds. The fraction of sp³-hybridized carbons (Fsp3) is 0.382. The van der Waals surface area contributed by atoms with Crippen LogP contribution < -0.4 is 5.32 Å². The molecule has 2 fully saturated rings. The van der Waals surface area contributed by atoms with Crippen LogP contribution in [0.4, 0.5) is 4.79 Å². The minimum atomic E-state index is -1.38. The van der Waals surface area contributed by atoms with Gasteiger partial charge in [0.1, 0.15) is 18.7 Å². The van der Waals surface area contributed by atoms with E-state index < -0.39 is 35.5 Å². The lowest BCUT2D eigenvalue weighted by Gasteiger charge is -2.66. The summed E-state index contributed by atoms with van der Waals surface area (Å²) in [5, 5.41) is 12.8. The number of alkyl carbamates (subject to hydrolysis) is 1. The number of rotatable bonds is 8. The van der Waals surface area contributed by atoms with Crippen LogP contribution in [0.2, 0.25) is 0 Å². The molecule has 3 aromatic carbocycles. The molecule has 0 bridgehead atoms. The van der Waals surface area contributed by atoms with Crippen LogP contribution in [0.1, 0.15) is 49.3 Å². The molecule has 3 aliphatic rings. The standard InChI is InChI=1S/C34H36N2O6/c1-33(2)30-28(17-10-18-41-30)34(33,31(39)36(20-29(37)38)19-22-11-4-3-5-12-22)35-32(40)42-21-27-25-15-8-6-13-23(25)24-14-7-9-16-26(24)27/h3-9,11-16,27-28,30H,10,17-21H2,1-2H3,(H,35,40)(H,37,38). The van der Waals surface area contributed by atoms with Crippen molar-refractivity contribution in [1.82, 2.24) is 10.2 Å². The Bertz CT molecular complexity index is 1460. The lowest BCUT2D eigenvalue weighted by molar-refractivity contribution is -0.238. The van der Waals surface area contributed by atoms with Crippen LogP contribution in [-0.2, 0) is 25.6 Å².